The summed E-state index contributed by atoms with van der Waals surface area (Å²) in [4.78, 5) is 25.8. The summed E-state index contributed by atoms with van der Waals surface area (Å²) in [6, 6.07) is 13.8. The minimum atomic E-state index is -1.05. The Morgan fingerprint density at radius 2 is 1.06 bits per heavy atom. The predicted octanol–water partition coefficient (Wildman–Crippen LogP) is 2.16. The van der Waals surface area contributed by atoms with E-state index < -0.39 is 22.4 Å². The van der Waals surface area contributed by atoms with Gasteiger partial charge in [-0.15, -0.1) is 0 Å². The maximum absolute atomic E-state index is 12.2. The standard InChI is InChI=1S/C24H30N2O6S2/c1-33(29)21-11-7-19(8-12-21)31-15-23(27)25-17-3-5-18(6-4-17)26-24(28)16-32-20-9-13-22(14-10-20)34(2)30/h7-14,17-18H,3-6,15-16H2,1-2H3,(H,25,27)(H,26,28)/t17-,18-,33?,34?. The van der Waals surface area contributed by atoms with Crippen LogP contribution in [-0.4, -0.2) is 58.7 Å². The second kappa shape index (κ2) is 12.9. The first-order valence-electron chi connectivity index (χ1n) is 11.0. The van der Waals surface area contributed by atoms with Crippen LogP contribution in [0.3, 0.4) is 0 Å². The predicted molar refractivity (Wildman–Crippen MR) is 131 cm³/mol. The Bertz CT molecular complexity index is 852. The fraction of sp³-hybridized carbons (Fsp3) is 0.417. The van der Waals surface area contributed by atoms with Crippen LogP contribution in [0.4, 0.5) is 0 Å². The van der Waals surface area contributed by atoms with Crippen molar-refractivity contribution in [1.82, 2.24) is 10.6 Å². The maximum atomic E-state index is 12.2. The van der Waals surface area contributed by atoms with Crippen molar-refractivity contribution in [3.63, 3.8) is 0 Å². The second-order valence-corrected chi connectivity index (χ2v) is 10.9. The van der Waals surface area contributed by atoms with E-state index in [9.17, 15) is 18.7 Å². The number of hydrogen-bond acceptors (Lipinski definition) is 6. The zero-order valence-corrected chi connectivity index (χ0v) is 20.9. The largest absolute Gasteiger partial charge is 0.612 e. The lowest BCUT2D eigenvalue weighted by molar-refractivity contribution is -0.125. The van der Waals surface area contributed by atoms with E-state index in [1.807, 2.05) is 0 Å². The molecule has 2 unspecified atom stereocenters. The number of hydrogen-bond donors (Lipinski definition) is 2. The summed E-state index contributed by atoms with van der Waals surface area (Å²) in [6.45, 7) is -0.171. The van der Waals surface area contributed by atoms with Gasteiger partial charge < -0.3 is 29.2 Å². The average molecular weight is 507 g/mol. The van der Waals surface area contributed by atoms with Crippen LogP contribution >= 0.6 is 0 Å². The first kappa shape index (κ1) is 26.2. The topological polar surface area (TPSA) is 123 Å². The van der Waals surface area contributed by atoms with Gasteiger partial charge in [0.15, 0.2) is 23.0 Å². The fourth-order valence-electron chi connectivity index (χ4n) is 3.67. The molecule has 2 atom stereocenters. The molecule has 0 spiro atoms. The van der Waals surface area contributed by atoms with Gasteiger partial charge in [-0.05, 0) is 96.6 Å². The van der Waals surface area contributed by atoms with Crippen LogP contribution in [0.2, 0.25) is 0 Å². The van der Waals surface area contributed by atoms with Crippen LogP contribution < -0.4 is 20.1 Å². The molecule has 2 aromatic carbocycles. The van der Waals surface area contributed by atoms with Crippen LogP contribution in [0.5, 0.6) is 11.5 Å². The average Bonchev–Trinajstić information content (AvgIpc) is 2.83. The third kappa shape index (κ3) is 8.43. The zero-order chi connectivity index (χ0) is 24.5. The minimum Gasteiger partial charge on any atom is -0.612 e. The van der Waals surface area contributed by atoms with Crippen molar-refractivity contribution < 1.29 is 28.2 Å². The lowest BCUT2D eigenvalue weighted by Crippen LogP contribution is -2.45. The first-order valence-corrected chi connectivity index (χ1v) is 14.1. The highest BCUT2D eigenvalue weighted by molar-refractivity contribution is 7.91. The molecule has 0 radical (unpaired) electrons. The molecular formula is C24H30N2O6S2. The Labute approximate surface area is 206 Å². The van der Waals surface area contributed by atoms with Gasteiger partial charge in [-0.25, -0.2) is 0 Å². The van der Waals surface area contributed by atoms with Crippen molar-refractivity contribution >= 4 is 34.2 Å². The molecule has 1 fully saturated rings. The summed E-state index contributed by atoms with van der Waals surface area (Å²) in [6.07, 6.45) is 6.29. The van der Waals surface area contributed by atoms with Crippen molar-refractivity contribution in [2.45, 2.75) is 47.6 Å². The Morgan fingerprint density at radius 3 is 1.35 bits per heavy atom. The van der Waals surface area contributed by atoms with E-state index in [2.05, 4.69) is 10.6 Å². The molecule has 10 heteroatoms. The molecule has 184 valence electrons. The minimum absolute atomic E-state index is 0.0491. The summed E-state index contributed by atoms with van der Waals surface area (Å²) in [5, 5.41) is 5.96. The number of carbonyl (C=O) groups excluding carboxylic acids is 2. The Kier molecular flexibility index (Phi) is 9.94. The highest BCUT2D eigenvalue weighted by Crippen LogP contribution is 2.20. The molecular weight excluding hydrogens is 476 g/mol. The normalized spacial score (nSPS) is 19.5. The summed E-state index contributed by atoms with van der Waals surface area (Å²) in [7, 11) is 0. The molecule has 0 saturated heterocycles. The molecule has 3 rings (SSSR count). The van der Waals surface area contributed by atoms with Crippen molar-refractivity contribution in [2.24, 2.45) is 0 Å². The van der Waals surface area contributed by atoms with Crippen molar-refractivity contribution in [2.75, 3.05) is 25.7 Å². The number of rotatable bonds is 10. The van der Waals surface area contributed by atoms with Crippen molar-refractivity contribution in [1.29, 1.82) is 0 Å². The molecule has 1 aliphatic rings. The van der Waals surface area contributed by atoms with Crippen LogP contribution in [-0.2, 0) is 31.9 Å². The van der Waals surface area contributed by atoms with Crippen molar-refractivity contribution in [3.8, 4) is 11.5 Å². The Hall–Kier alpha value is -2.40. The van der Waals surface area contributed by atoms with Crippen LogP contribution in [0, 0.1) is 0 Å². The van der Waals surface area contributed by atoms with Gasteiger partial charge in [0.25, 0.3) is 11.8 Å². The van der Waals surface area contributed by atoms with Gasteiger partial charge in [-0.1, -0.05) is 0 Å². The summed E-state index contributed by atoms with van der Waals surface area (Å²) in [5.74, 6) is 0.715. The molecule has 0 bridgehead atoms. The highest BCUT2D eigenvalue weighted by Gasteiger charge is 2.24. The Balaban J connectivity index is 1.31. The Morgan fingerprint density at radius 1 is 0.735 bits per heavy atom. The second-order valence-electron chi connectivity index (χ2n) is 8.11. The van der Waals surface area contributed by atoms with E-state index in [-0.39, 0.29) is 37.1 Å². The molecule has 0 aliphatic heterocycles. The van der Waals surface area contributed by atoms with Crippen LogP contribution in [0.1, 0.15) is 25.7 Å². The molecule has 2 aromatic rings. The lowest BCUT2D eigenvalue weighted by Gasteiger charge is -2.29. The molecule has 1 saturated carbocycles. The van der Waals surface area contributed by atoms with Gasteiger partial charge in [0.05, 0.1) is 0 Å². The smallest absolute Gasteiger partial charge is 0.258 e. The molecule has 2 N–H and O–H groups in total. The van der Waals surface area contributed by atoms with Crippen LogP contribution in [0.25, 0.3) is 0 Å². The van der Waals surface area contributed by atoms with Crippen molar-refractivity contribution in [3.05, 3.63) is 48.5 Å². The zero-order valence-electron chi connectivity index (χ0n) is 19.3. The highest BCUT2D eigenvalue weighted by atomic mass is 32.2. The van der Waals surface area contributed by atoms with E-state index in [1.54, 1.807) is 61.0 Å². The van der Waals surface area contributed by atoms with E-state index >= 15 is 0 Å². The van der Waals surface area contributed by atoms with Gasteiger partial charge in [0.2, 0.25) is 0 Å². The first-order chi connectivity index (χ1) is 16.3. The molecule has 2 amide bonds. The van der Waals surface area contributed by atoms with Gasteiger partial charge in [0.1, 0.15) is 24.0 Å². The SMILES string of the molecule is C[S+]([O-])c1ccc(OCC(=O)N[C@H]2CC[C@H](NC(=O)COc3ccc([S+](C)[O-])cc3)CC2)cc1. The third-order valence-corrected chi connectivity index (χ3v) is 7.38. The molecule has 1 aliphatic carbocycles. The number of amides is 2. The molecule has 0 heterocycles. The molecule has 8 nitrogen and oxygen atoms in total. The van der Waals surface area contributed by atoms with Gasteiger partial charge in [0, 0.05) is 12.1 Å². The van der Waals surface area contributed by atoms with Crippen LogP contribution in [0.15, 0.2) is 58.3 Å². The van der Waals surface area contributed by atoms with E-state index in [0.29, 0.717) is 21.3 Å². The van der Waals surface area contributed by atoms with E-state index in [1.165, 1.54) is 0 Å². The summed E-state index contributed by atoms with van der Waals surface area (Å²) in [5.41, 5.74) is 0. The summed E-state index contributed by atoms with van der Waals surface area (Å²) < 4.78 is 33.8. The van der Waals surface area contributed by atoms with Gasteiger partial charge >= 0.3 is 0 Å². The lowest BCUT2D eigenvalue weighted by atomic mass is 9.91. The summed E-state index contributed by atoms with van der Waals surface area (Å²) >= 11 is -2.10. The third-order valence-electron chi connectivity index (χ3n) is 5.51. The fourth-order valence-corrected chi connectivity index (χ4v) is 4.71. The van der Waals surface area contributed by atoms with E-state index in [4.69, 9.17) is 9.47 Å². The maximum Gasteiger partial charge on any atom is 0.258 e. The van der Waals surface area contributed by atoms with Gasteiger partial charge in [-0.2, -0.15) is 0 Å². The van der Waals surface area contributed by atoms with Gasteiger partial charge in [-0.3, -0.25) is 9.59 Å². The monoisotopic (exact) mass is 506 g/mol. The number of nitrogens with one attached hydrogen (secondary N) is 2. The number of carbonyl (C=O) groups is 2. The number of benzene rings is 2. The quantitative estimate of drug-likeness (QED) is 0.476. The number of ether oxygens (including phenoxy) is 2. The molecule has 34 heavy (non-hydrogen) atoms. The van der Waals surface area contributed by atoms with E-state index in [0.717, 1.165) is 25.7 Å². The molecule has 0 aromatic heterocycles.